The fourth-order valence-electron chi connectivity index (χ4n) is 5.84. The minimum Gasteiger partial charge on any atom is -0.507 e. The monoisotopic (exact) mass is 573 g/mol. The lowest BCUT2D eigenvalue weighted by Crippen LogP contribution is -2.57. The smallest absolute Gasteiger partial charge is 0.355 e. The van der Waals surface area contributed by atoms with E-state index in [1.807, 2.05) is 25.7 Å². The molecule has 2 aliphatic rings. The first-order chi connectivity index (χ1) is 20.1. The van der Waals surface area contributed by atoms with Gasteiger partial charge in [-0.1, -0.05) is 26.5 Å². The van der Waals surface area contributed by atoms with E-state index >= 15 is 8.78 Å². The van der Waals surface area contributed by atoms with Gasteiger partial charge in [0, 0.05) is 32.4 Å². The number of anilines is 2. The summed E-state index contributed by atoms with van der Waals surface area (Å²) in [4.78, 5) is 43.5. The van der Waals surface area contributed by atoms with Gasteiger partial charge in [-0.2, -0.15) is 4.98 Å². The summed E-state index contributed by atoms with van der Waals surface area (Å²) in [6.45, 7) is 10.4. The van der Waals surface area contributed by atoms with Crippen molar-refractivity contribution in [3.05, 3.63) is 76.5 Å². The zero-order valence-corrected chi connectivity index (χ0v) is 23.4. The predicted molar refractivity (Wildman–Crippen MR) is 155 cm³/mol. The number of carbonyl (C=O) groups excluding carboxylic acids is 1. The number of halogens is 2. The largest absolute Gasteiger partial charge is 0.507 e. The zero-order chi connectivity index (χ0) is 29.9. The van der Waals surface area contributed by atoms with E-state index in [2.05, 4.69) is 26.8 Å². The van der Waals surface area contributed by atoms with Gasteiger partial charge in [-0.25, -0.2) is 23.1 Å². The third kappa shape index (κ3) is 4.16. The van der Waals surface area contributed by atoms with E-state index in [1.165, 1.54) is 22.8 Å². The van der Waals surface area contributed by atoms with E-state index < -0.39 is 34.3 Å². The standard InChI is InChI=1S/C30H29F2N7O3/c1-5-20(41)37-11-12-38-17(14-37)13-34-25-22-28(38)36-30(42)39(27-16(4)9-10-33-24(27)15(2)3)29(22)35-26(23(25)32)21-18(31)7-6-8-19(21)40/h5-10,15,17,34,40H,1,11-14H2,2-4H3. The molecule has 1 aromatic carbocycles. The van der Waals surface area contributed by atoms with Crippen molar-refractivity contribution in [2.75, 3.05) is 36.4 Å². The highest BCUT2D eigenvalue weighted by molar-refractivity contribution is 6.02. The molecule has 4 aromatic rings. The second kappa shape index (κ2) is 10.2. The van der Waals surface area contributed by atoms with Crippen LogP contribution in [0.1, 0.15) is 31.0 Å². The number of aromatic hydroxyl groups is 1. The van der Waals surface area contributed by atoms with Gasteiger partial charge >= 0.3 is 5.69 Å². The summed E-state index contributed by atoms with van der Waals surface area (Å²) in [5.74, 6) is -2.39. The molecule has 1 saturated heterocycles. The molecule has 0 spiro atoms. The Balaban J connectivity index is 1.71. The average molecular weight is 574 g/mol. The number of aryl methyl sites for hydroxylation is 1. The van der Waals surface area contributed by atoms with E-state index in [1.54, 1.807) is 17.2 Å². The van der Waals surface area contributed by atoms with Crippen LogP contribution >= 0.6 is 0 Å². The molecule has 42 heavy (non-hydrogen) atoms. The molecule has 6 rings (SSSR count). The van der Waals surface area contributed by atoms with Gasteiger partial charge in [0.1, 0.15) is 23.1 Å². The van der Waals surface area contributed by atoms with Crippen molar-refractivity contribution in [1.29, 1.82) is 0 Å². The topological polar surface area (TPSA) is 116 Å². The lowest BCUT2D eigenvalue weighted by atomic mass is 10.0. The number of nitrogens with one attached hydrogen (secondary N) is 1. The molecule has 0 aliphatic carbocycles. The van der Waals surface area contributed by atoms with E-state index in [4.69, 9.17) is 0 Å². The Bertz CT molecular complexity index is 1820. The number of hydrogen-bond acceptors (Lipinski definition) is 8. The van der Waals surface area contributed by atoms with Crippen LogP contribution in [0.4, 0.5) is 20.3 Å². The summed E-state index contributed by atoms with van der Waals surface area (Å²) in [7, 11) is 0. The van der Waals surface area contributed by atoms with Crippen LogP contribution in [0, 0.1) is 18.6 Å². The fourth-order valence-corrected chi connectivity index (χ4v) is 5.84. The normalized spacial score (nSPS) is 16.3. The molecule has 10 nitrogen and oxygen atoms in total. The lowest BCUT2D eigenvalue weighted by molar-refractivity contribution is -0.126. The quantitative estimate of drug-likeness (QED) is 0.354. The van der Waals surface area contributed by atoms with Gasteiger partial charge in [-0.15, -0.1) is 0 Å². The molecule has 0 bridgehead atoms. The van der Waals surface area contributed by atoms with E-state index in [0.717, 1.165) is 6.07 Å². The van der Waals surface area contributed by atoms with Crippen LogP contribution in [0.2, 0.25) is 0 Å². The zero-order valence-electron chi connectivity index (χ0n) is 23.4. The minimum atomic E-state index is -0.901. The van der Waals surface area contributed by atoms with Crippen LogP contribution in [0.5, 0.6) is 5.75 Å². The third-order valence-corrected chi connectivity index (χ3v) is 7.86. The van der Waals surface area contributed by atoms with Crippen LogP contribution in [0.25, 0.3) is 28.0 Å². The third-order valence-electron chi connectivity index (χ3n) is 7.86. The molecular weight excluding hydrogens is 544 g/mol. The summed E-state index contributed by atoms with van der Waals surface area (Å²) in [5, 5.41) is 14.0. The van der Waals surface area contributed by atoms with Gasteiger partial charge in [-0.3, -0.25) is 9.78 Å². The highest BCUT2D eigenvalue weighted by Gasteiger charge is 2.37. The van der Waals surface area contributed by atoms with Gasteiger partial charge in [0.2, 0.25) is 5.91 Å². The van der Waals surface area contributed by atoms with Crippen LogP contribution in [-0.4, -0.2) is 67.7 Å². The Morgan fingerprint density at radius 1 is 1.21 bits per heavy atom. The second-order valence-electron chi connectivity index (χ2n) is 10.8. The Morgan fingerprint density at radius 2 is 2.00 bits per heavy atom. The highest BCUT2D eigenvalue weighted by Crippen LogP contribution is 2.42. The molecule has 2 aliphatic heterocycles. The van der Waals surface area contributed by atoms with Gasteiger partial charge in [0.05, 0.1) is 34.1 Å². The van der Waals surface area contributed by atoms with Crippen LogP contribution in [-0.2, 0) is 4.79 Å². The van der Waals surface area contributed by atoms with Gasteiger partial charge in [-0.05, 0) is 42.7 Å². The van der Waals surface area contributed by atoms with E-state index in [9.17, 15) is 14.7 Å². The molecular formula is C30H29F2N7O3. The van der Waals surface area contributed by atoms with Gasteiger partial charge < -0.3 is 20.2 Å². The first kappa shape index (κ1) is 27.3. The minimum absolute atomic E-state index is 0.0301. The van der Waals surface area contributed by atoms with Crippen molar-refractivity contribution >= 4 is 28.4 Å². The molecule has 0 radical (unpaired) electrons. The number of amides is 1. The Kier molecular flexibility index (Phi) is 6.63. The summed E-state index contributed by atoms with van der Waals surface area (Å²) in [6, 6.07) is 5.04. The molecule has 1 fully saturated rings. The van der Waals surface area contributed by atoms with Crippen LogP contribution in [0.3, 0.4) is 0 Å². The predicted octanol–water partition coefficient (Wildman–Crippen LogP) is 3.89. The van der Waals surface area contributed by atoms with Crippen molar-refractivity contribution in [1.82, 2.24) is 24.4 Å². The Hall–Kier alpha value is -4.87. The van der Waals surface area contributed by atoms with Crippen molar-refractivity contribution in [2.24, 2.45) is 0 Å². The van der Waals surface area contributed by atoms with Crippen molar-refractivity contribution in [3.63, 3.8) is 0 Å². The van der Waals surface area contributed by atoms with Crippen molar-refractivity contribution in [2.45, 2.75) is 32.7 Å². The van der Waals surface area contributed by atoms with E-state index in [-0.39, 0.29) is 53.5 Å². The lowest BCUT2D eigenvalue weighted by Gasteiger charge is -2.41. The average Bonchev–Trinajstić information content (AvgIpc) is 3.12. The highest BCUT2D eigenvalue weighted by atomic mass is 19.1. The van der Waals surface area contributed by atoms with Crippen molar-refractivity contribution < 1.29 is 18.7 Å². The van der Waals surface area contributed by atoms with Gasteiger partial charge in [0.25, 0.3) is 0 Å². The molecule has 3 aromatic heterocycles. The molecule has 12 heteroatoms. The summed E-state index contributed by atoms with van der Waals surface area (Å²) >= 11 is 0. The number of fused-ring (bicyclic) bond motifs is 2. The molecule has 5 heterocycles. The summed E-state index contributed by atoms with van der Waals surface area (Å²) in [6.07, 6.45) is 2.89. The number of aromatic nitrogens is 4. The maximum atomic E-state index is 16.5. The first-order valence-electron chi connectivity index (χ1n) is 13.6. The number of carbonyl (C=O) groups is 1. The molecule has 2 N–H and O–H groups in total. The Labute approximate surface area is 240 Å². The van der Waals surface area contributed by atoms with E-state index in [0.29, 0.717) is 30.0 Å². The number of rotatable bonds is 4. The number of nitrogens with zero attached hydrogens (tertiary/aromatic N) is 6. The van der Waals surface area contributed by atoms with Crippen molar-refractivity contribution in [3.8, 4) is 22.7 Å². The molecule has 1 unspecified atom stereocenters. The summed E-state index contributed by atoms with van der Waals surface area (Å²) < 4.78 is 32.9. The number of phenols is 1. The SMILES string of the molecule is C=CC(=O)N1CCN2c3nc(=O)n(-c4c(C)ccnc4C(C)C)c4nc(-c5c(O)cccc5F)c(F)c(c34)NCC2C1. The maximum Gasteiger partial charge on any atom is 0.355 e. The van der Waals surface area contributed by atoms with Crippen LogP contribution in [0.15, 0.2) is 47.9 Å². The second-order valence-corrected chi connectivity index (χ2v) is 10.8. The number of phenolic OH excluding ortho intramolecular Hbond substituents is 1. The fraction of sp³-hybridized carbons (Fsp3) is 0.300. The Morgan fingerprint density at radius 3 is 2.71 bits per heavy atom. The molecule has 216 valence electrons. The maximum absolute atomic E-state index is 16.5. The number of pyridine rings is 2. The summed E-state index contributed by atoms with van der Waals surface area (Å²) in [5.41, 5.74) is 0.223. The van der Waals surface area contributed by atoms with Gasteiger partial charge in [0.15, 0.2) is 11.5 Å². The van der Waals surface area contributed by atoms with Crippen LogP contribution < -0.4 is 15.9 Å². The number of hydrogen-bond donors (Lipinski definition) is 2. The molecule has 1 atom stereocenters. The molecule has 0 saturated carbocycles. The number of piperazine rings is 1. The number of benzene rings is 1. The first-order valence-corrected chi connectivity index (χ1v) is 13.6. The molecule has 1 amide bonds.